The fourth-order valence-corrected chi connectivity index (χ4v) is 2.85. The number of benzene rings is 1. The molecule has 0 saturated carbocycles. The lowest BCUT2D eigenvalue weighted by Gasteiger charge is -2.36. The summed E-state index contributed by atoms with van der Waals surface area (Å²) >= 11 is 0. The first kappa shape index (κ1) is 19.9. The van der Waals surface area contributed by atoms with Gasteiger partial charge in [-0.2, -0.15) is 13.2 Å². The summed E-state index contributed by atoms with van der Waals surface area (Å²) in [5, 5.41) is 13.3. The first-order chi connectivity index (χ1) is 10.4. The van der Waals surface area contributed by atoms with Gasteiger partial charge in [0.05, 0.1) is 12.7 Å². The Balaban J connectivity index is 0.00000264. The molecule has 1 aromatic rings. The zero-order valence-corrected chi connectivity index (χ0v) is 13.7. The first-order valence-electron chi connectivity index (χ1n) is 7.30. The van der Waals surface area contributed by atoms with Gasteiger partial charge in [0.2, 0.25) is 0 Å². The average Bonchev–Trinajstić information content (AvgIpc) is 2.48. The highest BCUT2D eigenvalue weighted by Crippen LogP contribution is 2.40. The molecule has 1 saturated heterocycles. The maximum atomic E-state index is 12.7. The zero-order chi connectivity index (χ0) is 16.2. The lowest BCUT2D eigenvalue weighted by molar-refractivity contribution is -0.138. The Morgan fingerprint density at radius 1 is 1.30 bits per heavy atom. The lowest BCUT2D eigenvalue weighted by Crippen LogP contribution is -2.45. The van der Waals surface area contributed by atoms with Crippen molar-refractivity contribution in [3.8, 4) is 11.5 Å². The van der Waals surface area contributed by atoms with Crippen LogP contribution in [0.4, 0.5) is 13.2 Å². The highest BCUT2D eigenvalue weighted by Gasteiger charge is 2.33. The number of phenolic OH excluding ortho intramolecular Hbond substituents is 1. The van der Waals surface area contributed by atoms with Gasteiger partial charge in [-0.05, 0) is 18.6 Å². The van der Waals surface area contributed by atoms with Crippen LogP contribution in [0.5, 0.6) is 11.5 Å². The van der Waals surface area contributed by atoms with Gasteiger partial charge in [0, 0.05) is 38.6 Å². The van der Waals surface area contributed by atoms with E-state index in [1.54, 1.807) is 12.1 Å². The molecule has 0 spiro atoms. The second kappa shape index (κ2) is 8.61. The summed E-state index contributed by atoms with van der Waals surface area (Å²) < 4.78 is 43.2. The number of methoxy groups -OCH3 is 1. The number of alkyl halides is 3. The number of piperazine rings is 1. The Labute approximate surface area is 140 Å². The van der Waals surface area contributed by atoms with E-state index in [0.717, 1.165) is 13.1 Å². The molecule has 1 fully saturated rings. The van der Waals surface area contributed by atoms with Crippen molar-refractivity contribution in [3.05, 3.63) is 23.8 Å². The maximum absolute atomic E-state index is 12.7. The molecule has 0 radical (unpaired) electrons. The number of rotatable bonds is 5. The van der Waals surface area contributed by atoms with Crippen molar-refractivity contribution < 1.29 is 23.0 Å². The third-order valence-corrected chi connectivity index (χ3v) is 3.89. The largest absolute Gasteiger partial charge is 0.507 e. The summed E-state index contributed by atoms with van der Waals surface area (Å²) in [5.41, 5.74) is 0.441. The maximum Gasteiger partial charge on any atom is 0.389 e. The molecule has 2 rings (SSSR count). The minimum atomic E-state index is -4.22. The molecule has 4 nitrogen and oxygen atoms in total. The molecule has 23 heavy (non-hydrogen) atoms. The average molecular weight is 355 g/mol. The summed E-state index contributed by atoms with van der Waals surface area (Å²) in [5.74, 6) is 0.399. The molecule has 0 aliphatic carbocycles. The smallest absolute Gasteiger partial charge is 0.389 e. The van der Waals surface area contributed by atoms with Crippen molar-refractivity contribution in [2.24, 2.45) is 0 Å². The summed E-state index contributed by atoms with van der Waals surface area (Å²) in [6, 6.07) is 4.26. The van der Waals surface area contributed by atoms with E-state index in [2.05, 4.69) is 5.32 Å². The van der Waals surface area contributed by atoms with Crippen molar-refractivity contribution >= 4 is 12.4 Å². The molecule has 132 valence electrons. The summed E-state index contributed by atoms with van der Waals surface area (Å²) in [7, 11) is 1.46. The Kier molecular flexibility index (Phi) is 7.44. The number of hydrogen-bond donors (Lipinski definition) is 2. The van der Waals surface area contributed by atoms with Crippen molar-refractivity contribution in [2.45, 2.75) is 25.1 Å². The minimum absolute atomic E-state index is 0. The Morgan fingerprint density at radius 2 is 1.96 bits per heavy atom. The number of nitrogens with one attached hydrogen (secondary N) is 1. The van der Waals surface area contributed by atoms with Crippen LogP contribution in [0.3, 0.4) is 0 Å². The van der Waals surface area contributed by atoms with E-state index in [1.165, 1.54) is 13.2 Å². The van der Waals surface area contributed by atoms with E-state index in [4.69, 9.17) is 4.74 Å². The van der Waals surface area contributed by atoms with Gasteiger partial charge >= 0.3 is 6.18 Å². The van der Waals surface area contributed by atoms with Gasteiger partial charge in [-0.25, -0.2) is 0 Å². The summed E-state index contributed by atoms with van der Waals surface area (Å²) in [6.07, 6.45) is -5.21. The topological polar surface area (TPSA) is 44.7 Å². The van der Waals surface area contributed by atoms with E-state index in [0.29, 0.717) is 24.4 Å². The number of phenols is 1. The van der Waals surface area contributed by atoms with Crippen LogP contribution in [0.25, 0.3) is 0 Å². The van der Waals surface area contributed by atoms with E-state index in [1.807, 2.05) is 4.90 Å². The highest BCUT2D eigenvalue weighted by atomic mass is 35.5. The first-order valence-corrected chi connectivity index (χ1v) is 7.30. The van der Waals surface area contributed by atoms with Crippen LogP contribution in [0.2, 0.25) is 0 Å². The molecule has 0 amide bonds. The molecule has 1 aliphatic heterocycles. The van der Waals surface area contributed by atoms with Crippen LogP contribution >= 0.6 is 12.4 Å². The molecule has 0 bridgehead atoms. The van der Waals surface area contributed by atoms with Crippen molar-refractivity contribution in [1.82, 2.24) is 10.2 Å². The van der Waals surface area contributed by atoms with Crippen LogP contribution in [-0.2, 0) is 0 Å². The standard InChI is InChI=1S/C15H21F3N2O2.ClH/c1-22-13-4-2-3-12(21)14(13)11(5-6-15(16,17)18)20-9-7-19-8-10-20;/h2-4,11,19,21H,5-10H2,1H3;1H/t11-;/m0./s1. The second-order valence-electron chi connectivity index (χ2n) is 5.35. The van der Waals surface area contributed by atoms with Gasteiger partial charge in [0.25, 0.3) is 0 Å². The quantitative estimate of drug-likeness (QED) is 0.853. The zero-order valence-electron chi connectivity index (χ0n) is 12.9. The van der Waals surface area contributed by atoms with Crippen LogP contribution in [-0.4, -0.2) is 49.5 Å². The van der Waals surface area contributed by atoms with Gasteiger partial charge in [0.1, 0.15) is 11.5 Å². The van der Waals surface area contributed by atoms with Crippen LogP contribution in [0, 0.1) is 0 Å². The molecule has 2 N–H and O–H groups in total. The number of hydrogen-bond acceptors (Lipinski definition) is 4. The fraction of sp³-hybridized carbons (Fsp3) is 0.600. The molecule has 8 heteroatoms. The Bertz CT molecular complexity index is 494. The number of aromatic hydroxyl groups is 1. The number of halogens is 4. The van der Waals surface area contributed by atoms with Crippen molar-refractivity contribution in [2.75, 3.05) is 33.3 Å². The molecule has 1 atom stereocenters. The normalized spacial score (nSPS) is 17.4. The third kappa shape index (κ3) is 5.44. The van der Waals surface area contributed by atoms with E-state index < -0.39 is 18.6 Å². The SMILES string of the molecule is COc1cccc(O)c1[C@H](CCC(F)(F)F)N1CCNCC1.Cl. The second-order valence-corrected chi connectivity index (χ2v) is 5.35. The predicted molar refractivity (Wildman–Crippen MR) is 84.4 cm³/mol. The molecule has 1 heterocycles. The Hall–Kier alpha value is -1.18. The molecule has 0 aromatic heterocycles. The van der Waals surface area contributed by atoms with Crippen LogP contribution in [0.1, 0.15) is 24.4 Å². The monoisotopic (exact) mass is 354 g/mol. The molecule has 0 unspecified atom stereocenters. The Morgan fingerprint density at radius 3 is 2.52 bits per heavy atom. The van der Waals surface area contributed by atoms with E-state index in [9.17, 15) is 18.3 Å². The van der Waals surface area contributed by atoms with Crippen molar-refractivity contribution in [1.29, 1.82) is 0 Å². The number of ether oxygens (including phenoxy) is 1. The van der Waals surface area contributed by atoms with Gasteiger partial charge in [-0.15, -0.1) is 12.4 Å². The molecule has 1 aliphatic rings. The van der Waals surface area contributed by atoms with Gasteiger partial charge < -0.3 is 15.2 Å². The highest BCUT2D eigenvalue weighted by molar-refractivity contribution is 5.85. The summed E-state index contributed by atoms with van der Waals surface area (Å²) in [6.45, 7) is 2.72. The fourth-order valence-electron chi connectivity index (χ4n) is 2.85. The third-order valence-electron chi connectivity index (χ3n) is 3.89. The lowest BCUT2D eigenvalue weighted by atomic mass is 9.97. The van der Waals surface area contributed by atoms with Gasteiger partial charge in [0.15, 0.2) is 0 Å². The van der Waals surface area contributed by atoms with Gasteiger partial charge in [-0.3, -0.25) is 4.90 Å². The molecular formula is C15H22ClF3N2O2. The minimum Gasteiger partial charge on any atom is -0.507 e. The predicted octanol–water partition coefficient (Wildman–Crippen LogP) is 3.11. The van der Waals surface area contributed by atoms with Crippen molar-refractivity contribution in [3.63, 3.8) is 0 Å². The van der Waals surface area contributed by atoms with E-state index >= 15 is 0 Å². The van der Waals surface area contributed by atoms with E-state index in [-0.39, 0.29) is 24.6 Å². The molecular weight excluding hydrogens is 333 g/mol. The van der Waals surface area contributed by atoms with Crippen LogP contribution < -0.4 is 10.1 Å². The number of nitrogens with zero attached hydrogens (tertiary/aromatic N) is 1. The summed E-state index contributed by atoms with van der Waals surface area (Å²) in [4.78, 5) is 1.97. The molecule has 1 aromatic carbocycles. The van der Waals surface area contributed by atoms with Crippen LogP contribution in [0.15, 0.2) is 18.2 Å². The van der Waals surface area contributed by atoms with Gasteiger partial charge in [-0.1, -0.05) is 6.07 Å².